The molecule has 1 saturated carbocycles. The largest absolute Gasteiger partial charge is 0.481 e. The maximum absolute atomic E-state index is 12.9. The number of fused-ring (bicyclic) bond motifs is 4. The van der Waals surface area contributed by atoms with E-state index >= 15 is 0 Å². The molecule has 0 aromatic heterocycles. The van der Waals surface area contributed by atoms with Crippen LogP contribution < -0.4 is 5.32 Å². The molecule has 2 aromatic rings. The molecule has 5 atom stereocenters. The molecule has 3 saturated heterocycles. The number of amides is 2. The molecular weight excluding hydrogens is 448 g/mol. The summed E-state index contributed by atoms with van der Waals surface area (Å²) in [6, 6.07) is 16.2. The Morgan fingerprint density at radius 2 is 1.71 bits per heavy atom. The van der Waals surface area contributed by atoms with Gasteiger partial charge < -0.3 is 24.8 Å². The molecule has 0 spiro atoms. The number of alkyl carbamates (subject to hydrolysis) is 1. The molecule has 7 rings (SSSR count). The van der Waals surface area contributed by atoms with Gasteiger partial charge in [-0.05, 0) is 47.4 Å². The second-order valence-electron chi connectivity index (χ2n) is 9.95. The first-order valence-electron chi connectivity index (χ1n) is 12.3. The molecule has 8 nitrogen and oxygen atoms in total. The Labute approximate surface area is 203 Å². The number of nitrogens with zero attached hydrogens (tertiary/aromatic N) is 1. The molecule has 0 radical (unpaired) electrons. The third-order valence-corrected chi connectivity index (χ3v) is 8.07. The van der Waals surface area contributed by atoms with Crippen molar-refractivity contribution >= 4 is 18.0 Å². The van der Waals surface area contributed by atoms with Crippen molar-refractivity contribution in [1.29, 1.82) is 0 Å². The summed E-state index contributed by atoms with van der Waals surface area (Å²) in [6.45, 7) is 1.02. The number of carbonyl (C=O) groups excluding carboxylic acids is 2. The van der Waals surface area contributed by atoms with E-state index in [0.717, 1.165) is 17.5 Å². The maximum atomic E-state index is 12.9. The third kappa shape index (κ3) is 3.76. The van der Waals surface area contributed by atoms with Gasteiger partial charge in [0.25, 0.3) is 5.91 Å². The number of hydrogen-bond donors (Lipinski definition) is 2. The van der Waals surface area contributed by atoms with Crippen LogP contribution in [0.25, 0.3) is 11.1 Å². The van der Waals surface area contributed by atoms with Crippen LogP contribution in [0.2, 0.25) is 0 Å². The molecule has 35 heavy (non-hydrogen) atoms. The van der Waals surface area contributed by atoms with Crippen LogP contribution in [-0.2, 0) is 19.1 Å². The van der Waals surface area contributed by atoms with Gasteiger partial charge in [-0.15, -0.1) is 0 Å². The van der Waals surface area contributed by atoms with Crippen LogP contribution in [0.15, 0.2) is 48.5 Å². The molecule has 2 N–H and O–H groups in total. The molecule has 2 bridgehead atoms. The number of carboxylic acid groups (broad SMARTS) is 1. The normalized spacial score (nSPS) is 28.2. The highest BCUT2D eigenvalue weighted by Gasteiger charge is 2.58. The summed E-state index contributed by atoms with van der Waals surface area (Å²) in [5.74, 6) is -1.32. The van der Waals surface area contributed by atoms with Crippen molar-refractivity contribution in [3.05, 3.63) is 59.7 Å². The Morgan fingerprint density at radius 3 is 2.37 bits per heavy atom. The lowest BCUT2D eigenvalue weighted by molar-refractivity contribution is -0.150. The van der Waals surface area contributed by atoms with Gasteiger partial charge in [0.2, 0.25) is 0 Å². The highest BCUT2D eigenvalue weighted by atomic mass is 16.5. The summed E-state index contributed by atoms with van der Waals surface area (Å²) in [4.78, 5) is 38.4. The Balaban J connectivity index is 0.989. The lowest BCUT2D eigenvalue weighted by atomic mass is 9.74. The quantitative estimate of drug-likeness (QED) is 0.664. The van der Waals surface area contributed by atoms with Crippen LogP contribution >= 0.6 is 0 Å². The Morgan fingerprint density at radius 1 is 1.03 bits per heavy atom. The predicted molar refractivity (Wildman–Crippen MR) is 126 cm³/mol. The molecule has 3 heterocycles. The monoisotopic (exact) mass is 476 g/mol. The van der Waals surface area contributed by atoms with Crippen molar-refractivity contribution in [1.82, 2.24) is 10.2 Å². The topological polar surface area (TPSA) is 105 Å². The van der Waals surface area contributed by atoms with Crippen LogP contribution in [0.1, 0.15) is 36.3 Å². The van der Waals surface area contributed by atoms with E-state index in [1.165, 1.54) is 11.1 Å². The van der Waals surface area contributed by atoms with Crippen molar-refractivity contribution in [3.63, 3.8) is 0 Å². The number of aliphatic carboxylic acids is 1. The van der Waals surface area contributed by atoms with Gasteiger partial charge in [0.05, 0.1) is 12.0 Å². The van der Waals surface area contributed by atoms with Crippen LogP contribution in [0, 0.1) is 11.8 Å². The molecule has 5 unspecified atom stereocenters. The zero-order valence-corrected chi connectivity index (χ0v) is 19.3. The average Bonchev–Trinajstić information content (AvgIpc) is 3.62. The minimum absolute atomic E-state index is 0.000720. The van der Waals surface area contributed by atoms with E-state index in [0.29, 0.717) is 19.4 Å². The minimum atomic E-state index is -0.820. The predicted octanol–water partition coefficient (Wildman–Crippen LogP) is 3.00. The Bertz CT molecular complexity index is 1140. The Hall–Kier alpha value is -3.39. The van der Waals surface area contributed by atoms with Crippen LogP contribution in [0.5, 0.6) is 0 Å². The van der Waals surface area contributed by atoms with Gasteiger partial charge >= 0.3 is 12.1 Å². The van der Waals surface area contributed by atoms with Crippen molar-refractivity contribution in [2.24, 2.45) is 11.8 Å². The fraction of sp³-hybridized carbons (Fsp3) is 0.444. The van der Waals surface area contributed by atoms with Crippen LogP contribution in [0.3, 0.4) is 0 Å². The van der Waals surface area contributed by atoms with E-state index in [2.05, 4.69) is 29.6 Å². The number of benzene rings is 2. The van der Waals surface area contributed by atoms with E-state index in [9.17, 15) is 19.5 Å². The van der Waals surface area contributed by atoms with Gasteiger partial charge in [-0.2, -0.15) is 0 Å². The maximum Gasteiger partial charge on any atom is 0.407 e. The van der Waals surface area contributed by atoms with Crippen molar-refractivity contribution in [2.75, 3.05) is 19.7 Å². The van der Waals surface area contributed by atoms with E-state index in [-0.39, 0.29) is 43.0 Å². The summed E-state index contributed by atoms with van der Waals surface area (Å²) >= 11 is 0. The second kappa shape index (κ2) is 8.68. The summed E-state index contributed by atoms with van der Waals surface area (Å²) < 4.78 is 11.5. The third-order valence-electron chi connectivity index (χ3n) is 8.07. The fourth-order valence-corrected chi connectivity index (χ4v) is 6.31. The molecule has 8 heteroatoms. The first-order valence-corrected chi connectivity index (χ1v) is 12.3. The van der Waals surface area contributed by atoms with E-state index in [4.69, 9.17) is 9.47 Å². The standard InChI is InChI=1S/C27H28N2O6/c30-25(29-13-15-11-22(29)24(15)26(31)32)23-10-9-16(35-23)12-28-27(33)34-14-21-19-7-3-1-5-17(19)18-6-2-4-8-20(18)21/h1-8,15-16,21-24H,9-14H2,(H,28,33)(H,31,32). The molecule has 2 amide bonds. The van der Waals surface area contributed by atoms with Gasteiger partial charge in [0.1, 0.15) is 12.7 Å². The minimum Gasteiger partial charge on any atom is -0.481 e. The molecule has 2 aromatic carbocycles. The molecule has 4 fully saturated rings. The number of carbonyl (C=O) groups is 3. The smallest absolute Gasteiger partial charge is 0.407 e. The molecule has 3 aliphatic heterocycles. The highest BCUT2D eigenvalue weighted by Crippen LogP contribution is 2.47. The number of hydrogen-bond acceptors (Lipinski definition) is 5. The summed E-state index contributed by atoms with van der Waals surface area (Å²) in [6.07, 6.45) is 0.652. The number of nitrogens with one attached hydrogen (secondary N) is 1. The van der Waals surface area contributed by atoms with E-state index in [1.54, 1.807) is 4.90 Å². The lowest BCUT2D eigenvalue weighted by Gasteiger charge is -2.33. The molecule has 182 valence electrons. The SMILES string of the molecule is O=C(NCC1CCC(C(=O)N2CC3CC2C3C(=O)O)O1)OCC1c2ccccc2-c2ccccc21. The number of rotatable bonds is 6. The molecule has 2 aliphatic carbocycles. The van der Waals surface area contributed by atoms with Gasteiger partial charge in [0.15, 0.2) is 0 Å². The summed E-state index contributed by atoms with van der Waals surface area (Å²) in [7, 11) is 0. The highest BCUT2D eigenvalue weighted by molar-refractivity contribution is 5.84. The van der Waals surface area contributed by atoms with Gasteiger partial charge in [-0.1, -0.05) is 48.5 Å². The zero-order chi connectivity index (χ0) is 24.1. The van der Waals surface area contributed by atoms with Crippen molar-refractivity contribution in [2.45, 2.75) is 43.4 Å². The summed E-state index contributed by atoms with van der Waals surface area (Å²) in [5, 5.41) is 12.1. The van der Waals surface area contributed by atoms with E-state index < -0.39 is 24.1 Å². The lowest BCUT2D eigenvalue weighted by Crippen LogP contribution is -2.47. The first kappa shape index (κ1) is 22.1. The average molecular weight is 477 g/mol. The fourth-order valence-electron chi connectivity index (χ4n) is 6.31. The number of ether oxygens (including phenoxy) is 2. The van der Waals surface area contributed by atoms with Crippen LogP contribution in [0.4, 0.5) is 4.79 Å². The van der Waals surface area contributed by atoms with Gasteiger partial charge in [-0.3, -0.25) is 9.59 Å². The second-order valence-corrected chi connectivity index (χ2v) is 9.95. The van der Waals surface area contributed by atoms with Crippen molar-refractivity contribution < 1.29 is 29.0 Å². The van der Waals surface area contributed by atoms with Crippen LogP contribution in [-0.4, -0.2) is 65.9 Å². The molecular formula is C27H28N2O6. The van der Waals surface area contributed by atoms with Crippen molar-refractivity contribution in [3.8, 4) is 11.1 Å². The zero-order valence-electron chi connectivity index (χ0n) is 19.3. The van der Waals surface area contributed by atoms with Gasteiger partial charge in [-0.25, -0.2) is 4.79 Å². The summed E-state index contributed by atoms with van der Waals surface area (Å²) in [5.41, 5.74) is 4.67. The van der Waals surface area contributed by atoms with E-state index in [1.807, 2.05) is 24.3 Å². The Kier molecular flexibility index (Phi) is 5.48. The first-order chi connectivity index (χ1) is 17.0. The number of carboxylic acids is 1. The van der Waals surface area contributed by atoms with Gasteiger partial charge in [0, 0.05) is 25.0 Å². The molecule has 5 aliphatic rings.